The number of hydrogen-bond donors (Lipinski definition) is 0. The summed E-state index contributed by atoms with van der Waals surface area (Å²) in [5, 5.41) is 0. The number of aldehydes is 1. The average Bonchev–Trinajstić information content (AvgIpc) is 2.08. The fourth-order valence-electron chi connectivity index (χ4n) is 1.22. The molecular weight excluding hydrogens is 190 g/mol. The van der Waals surface area contributed by atoms with E-state index in [1.165, 1.54) is 0 Å². The number of carbonyl (C=O) groups excluding carboxylic acids is 1. The van der Waals surface area contributed by atoms with Crippen LogP contribution in [0, 0.1) is 0 Å². The minimum absolute atomic E-state index is 0.0000472. The normalized spacial score (nSPS) is 14.0. The fourth-order valence-corrected chi connectivity index (χ4v) is 1.22. The first-order chi connectivity index (χ1) is 6.49. The molecule has 0 aliphatic carbocycles. The minimum atomic E-state index is -2.64. The van der Waals surface area contributed by atoms with Gasteiger partial charge in [-0.3, -0.25) is 0 Å². The molecule has 0 saturated carbocycles. The summed E-state index contributed by atoms with van der Waals surface area (Å²) in [6.45, 7) is 2.86. The molecule has 0 rings (SSSR count). The van der Waals surface area contributed by atoms with E-state index in [0.717, 1.165) is 19.8 Å². The predicted octanol–water partition coefficient (Wildman–Crippen LogP) is 2.81. The van der Waals surface area contributed by atoms with Crippen molar-refractivity contribution in [2.75, 3.05) is 6.61 Å². The van der Waals surface area contributed by atoms with Gasteiger partial charge in [0.05, 0.1) is 6.10 Å². The van der Waals surface area contributed by atoms with Crippen LogP contribution in [0.4, 0.5) is 8.78 Å². The van der Waals surface area contributed by atoms with E-state index in [-0.39, 0.29) is 19.1 Å². The van der Waals surface area contributed by atoms with Gasteiger partial charge in [0.15, 0.2) is 0 Å². The maximum absolute atomic E-state index is 12.5. The third kappa shape index (κ3) is 8.10. The minimum Gasteiger partial charge on any atom is -0.371 e. The van der Waals surface area contributed by atoms with Gasteiger partial charge in [-0.1, -0.05) is 13.3 Å². The lowest BCUT2D eigenvalue weighted by atomic mass is 10.1. The van der Waals surface area contributed by atoms with E-state index in [2.05, 4.69) is 0 Å². The zero-order chi connectivity index (χ0) is 11.0. The maximum atomic E-state index is 12.5. The molecule has 0 N–H and O–H groups in total. The van der Waals surface area contributed by atoms with Gasteiger partial charge in [0.1, 0.15) is 12.9 Å². The highest BCUT2D eigenvalue weighted by atomic mass is 19.3. The van der Waals surface area contributed by atoms with Gasteiger partial charge < -0.3 is 9.53 Å². The zero-order valence-corrected chi connectivity index (χ0v) is 8.76. The molecule has 0 fully saturated rings. The van der Waals surface area contributed by atoms with Crippen molar-refractivity contribution in [3.05, 3.63) is 0 Å². The number of carbonyl (C=O) groups is 1. The van der Waals surface area contributed by atoms with Gasteiger partial charge in [-0.2, -0.15) is 0 Å². The summed E-state index contributed by atoms with van der Waals surface area (Å²) >= 11 is 0. The molecule has 0 bridgehead atoms. The third-order valence-electron chi connectivity index (χ3n) is 1.92. The van der Waals surface area contributed by atoms with Crippen molar-refractivity contribution in [3.63, 3.8) is 0 Å². The van der Waals surface area contributed by atoms with Gasteiger partial charge in [0, 0.05) is 6.42 Å². The van der Waals surface area contributed by atoms with E-state index < -0.39 is 5.92 Å². The lowest BCUT2D eigenvalue weighted by Crippen LogP contribution is -2.19. The van der Waals surface area contributed by atoms with Gasteiger partial charge in [-0.25, -0.2) is 8.78 Å². The molecule has 0 aliphatic heterocycles. The van der Waals surface area contributed by atoms with Crippen LogP contribution < -0.4 is 0 Å². The van der Waals surface area contributed by atoms with Crippen molar-refractivity contribution in [3.8, 4) is 0 Å². The van der Waals surface area contributed by atoms with Gasteiger partial charge in [0.2, 0.25) is 5.92 Å². The summed E-state index contributed by atoms with van der Waals surface area (Å²) in [5.41, 5.74) is 0. The zero-order valence-electron chi connectivity index (χ0n) is 8.76. The van der Waals surface area contributed by atoms with Gasteiger partial charge >= 0.3 is 0 Å². The number of ether oxygens (including phenoxy) is 1. The second kappa shape index (κ2) is 6.87. The Hall–Kier alpha value is -0.510. The van der Waals surface area contributed by atoms with Crippen molar-refractivity contribution >= 4 is 6.29 Å². The largest absolute Gasteiger partial charge is 0.371 e. The number of alkyl halides is 2. The Labute approximate surface area is 83.6 Å². The first-order valence-corrected chi connectivity index (χ1v) is 4.92. The van der Waals surface area contributed by atoms with Gasteiger partial charge in [-0.15, -0.1) is 0 Å². The Morgan fingerprint density at radius 1 is 1.43 bits per heavy atom. The number of halogens is 2. The quantitative estimate of drug-likeness (QED) is 0.573. The summed E-state index contributed by atoms with van der Waals surface area (Å²) in [4.78, 5) is 10.0. The van der Waals surface area contributed by atoms with Crippen molar-refractivity contribution in [2.45, 2.75) is 51.6 Å². The van der Waals surface area contributed by atoms with Crippen LogP contribution >= 0.6 is 0 Å². The Balaban J connectivity index is 3.77. The molecule has 0 radical (unpaired) electrons. The first kappa shape index (κ1) is 13.5. The molecule has 0 saturated heterocycles. The van der Waals surface area contributed by atoms with Crippen LogP contribution in [0.15, 0.2) is 0 Å². The van der Waals surface area contributed by atoms with E-state index in [9.17, 15) is 13.6 Å². The Kier molecular flexibility index (Phi) is 6.62. The summed E-state index contributed by atoms with van der Waals surface area (Å²) in [7, 11) is 0. The monoisotopic (exact) mass is 208 g/mol. The van der Waals surface area contributed by atoms with Crippen LogP contribution in [0.3, 0.4) is 0 Å². The van der Waals surface area contributed by atoms with Crippen LogP contribution in [0.2, 0.25) is 0 Å². The maximum Gasteiger partial charge on any atom is 0.245 e. The topological polar surface area (TPSA) is 26.3 Å². The van der Waals surface area contributed by atoms with E-state index >= 15 is 0 Å². The van der Waals surface area contributed by atoms with Crippen molar-refractivity contribution in [1.82, 2.24) is 0 Å². The second-order valence-corrected chi connectivity index (χ2v) is 3.52. The summed E-state index contributed by atoms with van der Waals surface area (Å²) in [6, 6.07) is 0. The lowest BCUT2D eigenvalue weighted by Gasteiger charge is -2.18. The summed E-state index contributed by atoms with van der Waals surface area (Å²) in [5.74, 6) is -2.64. The average molecular weight is 208 g/mol. The van der Waals surface area contributed by atoms with Crippen molar-refractivity contribution in [2.24, 2.45) is 0 Å². The van der Waals surface area contributed by atoms with Gasteiger partial charge in [-0.05, 0) is 19.8 Å². The summed E-state index contributed by atoms with van der Waals surface area (Å²) < 4.78 is 30.2. The highest BCUT2D eigenvalue weighted by Crippen LogP contribution is 2.22. The summed E-state index contributed by atoms with van der Waals surface area (Å²) in [6.07, 6.45) is 2.16. The Bertz CT molecular complexity index is 155. The molecule has 14 heavy (non-hydrogen) atoms. The van der Waals surface area contributed by atoms with E-state index in [1.54, 1.807) is 0 Å². The molecule has 0 aromatic rings. The molecule has 1 atom stereocenters. The Morgan fingerprint density at radius 3 is 2.50 bits per heavy atom. The van der Waals surface area contributed by atoms with Crippen LogP contribution in [-0.4, -0.2) is 24.9 Å². The van der Waals surface area contributed by atoms with Crippen molar-refractivity contribution in [1.29, 1.82) is 0 Å². The van der Waals surface area contributed by atoms with Crippen LogP contribution in [0.25, 0.3) is 0 Å². The molecule has 0 aromatic carbocycles. The first-order valence-electron chi connectivity index (χ1n) is 4.92. The fraction of sp³-hybridized carbons (Fsp3) is 0.900. The molecule has 0 aromatic heterocycles. The highest BCUT2D eigenvalue weighted by molar-refractivity contribution is 5.50. The molecule has 0 amide bonds. The standard InChI is InChI=1S/C10H18F2O2/c1-3-4-9(14-8-7-13)5-6-10(2,11)12/h7,9H,3-6,8H2,1-2H3. The molecule has 0 aliphatic rings. The second-order valence-electron chi connectivity index (χ2n) is 3.52. The molecular formula is C10H18F2O2. The van der Waals surface area contributed by atoms with E-state index in [1.807, 2.05) is 6.92 Å². The van der Waals surface area contributed by atoms with Crippen LogP contribution in [0.1, 0.15) is 39.5 Å². The number of rotatable bonds is 8. The third-order valence-corrected chi connectivity index (χ3v) is 1.92. The molecule has 2 nitrogen and oxygen atoms in total. The smallest absolute Gasteiger partial charge is 0.245 e. The molecule has 0 spiro atoms. The highest BCUT2D eigenvalue weighted by Gasteiger charge is 2.22. The predicted molar refractivity (Wildman–Crippen MR) is 50.6 cm³/mol. The van der Waals surface area contributed by atoms with E-state index in [0.29, 0.717) is 12.7 Å². The molecule has 0 heterocycles. The number of hydrogen-bond acceptors (Lipinski definition) is 2. The van der Waals surface area contributed by atoms with Crippen LogP contribution in [0.5, 0.6) is 0 Å². The van der Waals surface area contributed by atoms with Crippen LogP contribution in [-0.2, 0) is 9.53 Å². The Morgan fingerprint density at radius 2 is 2.07 bits per heavy atom. The molecule has 4 heteroatoms. The molecule has 84 valence electrons. The molecule has 1 unspecified atom stereocenters. The SMILES string of the molecule is CCCC(CCC(C)(F)F)OCC=O. The van der Waals surface area contributed by atoms with Crippen molar-refractivity contribution < 1.29 is 18.3 Å². The lowest BCUT2D eigenvalue weighted by molar-refractivity contribution is -0.114. The van der Waals surface area contributed by atoms with E-state index in [4.69, 9.17) is 4.74 Å². The van der Waals surface area contributed by atoms with Gasteiger partial charge in [0.25, 0.3) is 0 Å².